The van der Waals surface area contributed by atoms with Gasteiger partial charge >= 0.3 is 0 Å². The Morgan fingerprint density at radius 3 is 0.891 bits per heavy atom. The maximum absolute atomic E-state index is 2.56. The van der Waals surface area contributed by atoms with Crippen LogP contribution in [0, 0.1) is 0 Å². The van der Waals surface area contributed by atoms with Crippen molar-refractivity contribution in [2.75, 3.05) is 9.80 Å². The zero-order valence-electron chi connectivity index (χ0n) is 50.5. The SMILES string of the molecule is c1ccc(N2c3ccccc3C(c3ccccc3)(c3ccccc3)c3cccc(-c4cccc5c(-c6c7ccccc7cc7ccccc67)c6cccc(-c7cccc8c7N(c7ccccc7)c7ccccc7C8(c7ccccc7)c7ccccc7)c6cc45)c32)cc1. The summed E-state index contributed by atoms with van der Waals surface area (Å²) in [6, 6.07) is 136. The zero-order valence-corrected chi connectivity index (χ0v) is 50.5. The number of anilines is 6. The van der Waals surface area contributed by atoms with Crippen LogP contribution < -0.4 is 9.80 Å². The van der Waals surface area contributed by atoms with Gasteiger partial charge in [-0.15, -0.1) is 0 Å². The van der Waals surface area contributed by atoms with Gasteiger partial charge in [0.2, 0.25) is 0 Å². The molecule has 0 unspecified atom stereocenters. The van der Waals surface area contributed by atoms with Gasteiger partial charge in [-0.05, 0) is 158 Å². The van der Waals surface area contributed by atoms with Crippen LogP contribution in [0.25, 0.3) is 76.5 Å². The Bertz CT molecular complexity index is 5090. The molecule has 0 spiro atoms. The maximum Gasteiger partial charge on any atom is 0.0742 e. The average molecular weight is 1170 g/mol. The van der Waals surface area contributed by atoms with Crippen LogP contribution in [0.15, 0.2) is 364 Å². The molecule has 18 rings (SSSR count). The van der Waals surface area contributed by atoms with Crippen molar-refractivity contribution < 1.29 is 0 Å². The van der Waals surface area contributed by atoms with Gasteiger partial charge < -0.3 is 9.80 Å². The van der Waals surface area contributed by atoms with E-state index in [1.165, 1.54) is 98.7 Å². The molecule has 16 aromatic rings. The molecular weight excluding hydrogens is 1110 g/mol. The molecule has 2 nitrogen and oxygen atoms in total. The molecule has 2 aliphatic heterocycles. The Hall–Kier alpha value is -11.8. The van der Waals surface area contributed by atoms with Crippen LogP contribution >= 0.6 is 0 Å². The largest absolute Gasteiger partial charge is 0.309 e. The van der Waals surface area contributed by atoms with Crippen molar-refractivity contribution >= 4 is 77.2 Å². The van der Waals surface area contributed by atoms with E-state index in [0.29, 0.717) is 0 Å². The molecule has 2 heterocycles. The number of para-hydroxylation sites is 6. The van der Waals surface area contributed by atoms with Crippen LogP contribution in [0.2, 0.25) is 0 Å². The maximum atomic E-state index is 2.56. The summed E-state index contributed by atoms with van der Waals surface area (Å²) in [5.74, 6) is 0. The molecule has 2 heteroatoms. The van der Waals surface area contributed by atoms with E-state index in [4.69, 9.17) is 0 Å². The van der Waals surface area contributed by atoms with Crippen molar-refractivity contribution in [1.29, 1.82) is 0 Å². The summed E-state index contributed by atoms with van der Waals surface area (Å²) in [5.41, 5.74) is 22.2. The monoisotopic (exact) mass is 1170 g/mol. The third-order valence-corrected chi connectivity index (χ3v) is 19.9. The second-order valence-electron chi connectivity index (χ2n) is 24.5. The van der Waals surface area contributed by atoms with E-state index in [2.05, 4.69) is 374 Å². The van der Waals surface area contributed by atoms with Gasteiger partial charge in [0.25, 0.3) is 0 Å². The molecule has 92 heavy (non-hydrogen) atoms. The number of nitrogens with zero attached hydrogens (tertiary/aromatic N) is 2. The molecule has 0 aliphatic carbocycles. The minimum absolute atomic E-state index is 0.697. The Morgan fingerprint density at radius 2 is 0.489 bits per heavy atom. The van der Waals surface area contributed by atoms with Crippen LogP contribution in [-0.4, -0.2) is 0 Å². The lowest BCUT2D eigenvalue weighted by atomic mass is 9.62. The quantitative estimate of drug-likeness (QED) is 0.133. The first-order valence-electron chi connectivity index (χ1n) is 32.0. The highest BCUT2D eigenvalue weighted by molar-refractivity contribution is 6.27. The first-order valence-corrected chi connectivity index (χ1v) is 32.0. The van der Waals surface area contributed by atoms with Gasteiger partial charge in [-0.25, -0.2) is 0 Å². The van der Waals surface area contributed by atoms with Gasteiger partial charge in [0.1, 0.15) is 0 Å². The van der Waals surface area contributed by atoms with Gasteiger partial charge in [0.05, 0.1) is 33.6 Å². The molecule has 0 N–H and O–H groups in total. The van der Waals surface area contributed by atoms with Crippen molar-refractivity contribution in [3.05, 3.63) is 408 Å². The van der Waals surface area contributed by atoms with E-state index in [9.17, 15) is 0 Å². The lowest BCUT2D eigenvalue weighted by Crippen LogP contribution is -2.38. The lowest BCUT2D eigenvalue weighted by Gasteiger charge is -2.47. The Labute approximate surface area is 536 Å². The Kier molecular flexibility index (Phi) is 12.4. The summed E-state index contributed by atoms with van der Waals surface area (Å²) >= 11 is 0. The smallest absolute Gasteiger partial charge is 0.0742 e. The van der Waals surface area contributed by atoms with Crippen molar-refractivity contribution in [2.24, 2.45) is 0 Å². The molecule has 0 saturated carbocycles. The standard InChI is InChI=1S/C90H60N2/c1-7-33-63(34-8-1)89(64-35-9-2-10-36-64)79-53-23-25-57-83(79)91(67-41-15-5-16-42-67)87-75(51-29-55-81(87)89)71-47-27-49-73-77(71)60-78-72(48-28-50-74(78)86(73)85-69-45-21-19-31-61(69)59-62-32-20-22-46-70(62)85)76-52-30-56-82-88(76)92(68-43-17-6-18-44-68)84-58-26-24-54-80(84)90(82,65-37-11-3-12-38-65)66-39-13-4-14-40-66/h1-60H. The summed E-state index contributed by atoms with van der Waals surface area (Å²) < 4.78 is 0. The molecule has 16 aromatic carbocycles. The first-order chi connectivity index (χ1) is 45.7. The zero-order chi connectivity index (χ0) is 60.7. The molecule has 0 radical (unpaired) electrons. The fourth-order valence-corrected chi connectivity index (χ4v) is 16.3. The second kappa shape index (κ2) is 21.4. The molecule has 2 aliphatic rings. The Balaban J connectivity index is 1.01. The molecule has 0 saturated heterocycles. The number of fused-ring (bicyclic) bond motifs is 8. The number of rotatable bonds is 9. The van der Waals surface area contributed by atoms with E-state index in [0.717, 1.165) is 56.4 Å². The Morgan fingerprint density at radius 1 is 0.196 bits per heavy atom. The van der Waals surface area contributed by atoms with E-state index in [1.54, 1.807) is 0 Å². The van der Waals surface area contributed by atoms with Crippen LogP contribution in [0.5, 0.6) is 0 Å². The van der Waals surface area contributed by atoms with Crippen molar-refractivity contribution in [2.45, 2.75) is 10.8 Å². The number of benzene rings is 16. The van der Waals surface area contributed by atoms with Gasteiger partial charge in [-0.2, -0.15) is 0 Å². The summed E-state index contributed by atoms with van der Waals surface area (Å²) in [6.45, 7) is 0. The highest BCUT2D eigenvalue weighted by Gasteiger charge is 2.49. The molecular formula is C90H60N2. The third kappa shape index (κ3) is 7.81. The van der Waals surface area contributed by atoms with Gasteiger partial charge in [0.15, 0.2) is 0 Å². The highest BCUT2D eigenvalue weighted by Crippen LogP contribution is 2.63. The van der Waals surface area contributed by atoms with Crippen LogP contribution in [-0.2, 0) is 10.8 Å². The van der Waals surface area contributed by atoms with Crippen LogP contribution in [0.3, 0.4) is 0 Å². The fourth-order valence-electron chi connectivity index (χ4n) is 16.3. The van der Waals surface area contributed by atoms with Crippen molar-refractivity contribution in [3.63, 3.8) is 0 Å². The molecule has 0 atom stereocenters. The third-order valence-electron chi connectivity index (χ3n) is 19.9. The summed E-state index contributed by atoms with van der Waals surface area (Å²) in [6.07, 6.45) is 0. The summed E-state index contributed by atoms with van der Waals surface area (Å²) in [5, 5.41) is 9.56. The van der Waals surface area contributed by atoms with E-state index in [-0.39, 0.29) is 0 Å². The predicted octanol–water partition coefficient (Wildman–Crippen LogP) is 23.6. The highest BCUT2D eigenvalue weighted by atomic mass is 15.2. The van der Waals surface area contributed by atoms with Crippen LogP contribution in [0.1, 0.15) is 44.5 Å². The minimum atomic E-state index is -0.697. The lowest BCUT2D eigenvalue weighted by molar-refractivity contribution is 0.731. The van der Waals surface area contributed by atoms with Gasteiger partial charge in [0, 0.05) is 22.5 Å². The minimum Gasteiger partial charge on any atom is -0.309 e. The normalized spacial score (nSPS) is 13.6. The van der Waals surface area contributed by atoms with Gasteiger partial charge in [-0.1, -0.05) is 315 Å². The fraction of sp³-hybridized carbons (Fsp3) is 0.0222. The average Bonchev–Trinajstić information content (AvgIpc) is 0.700. The topological polar surface area (TPSA) is 6.48 Å². The van der Waals surface area contributed by atoms with Gasteiger partial charge in [-0.3, -0.25) is 0 Å². The van der Waals surface area contributed by atoms with E-state index in [1.807, 2.05) is 0 Å². The molecule has 0 bridgehead atoms. The summed E-state index contributed by atoms with van der Waals surface area (Å²) in [7, 11) is 0. The number of hydrogen-bond donors (Lipinski definition) is 0. The van der Waals surface area contributed by atoms with Crippen molar-refractivity contribution in [1.82, 2.24) is 0 Å². The van der Waals surface area contributed by atoms with Crippen LogP contribution in [0.4, 0.5) is 34.1 Å². The van der Waals surface area contributed by atoms with E-state index >= 15 is 0 Å². The first kappa shape index (κ1) is 53.2. The molecule has 430 valence electrons. The predicted molar refractivity (Wildman–Crippen MR) is 386 cm³/mol. The molecule has 0 aromatic heterocycles. The second-order valence-corrected chi connectivity index (χ2v) is 24.5. The number of hydrogen-bond acceptors (Lipinski definition) is 2. The molecule has 0 amide bonds. The molecule has 0 fully saturated rings. The van der Waals surface area contributed by atoms with E-state index < -0.39 is 10.8 Å². The summed E-state index contributed by atoms with van der Waals surface area (Å²) in [4.78, 5) is 5.10. The van der Waals surface area contributed by atoms with Crippen molar-refractivity contribution in [3.8, 4) is 33.4 Å².